The maximum absolute atomic E-state index is 12.2. The van der Waals surface area contributed by atoms with E-state index in [0.717, 1.165) is 12.6 Å². The Hall–Kier alpha value is -3.54. The van der Waals surface area contributed by atoms with Crippen molar-refractivity contribution < 1.29 is 19.4 Å². The molecule has 1 fully saturated rings. The molecule has 0 saturated carbocycles. The van der Waals surface area contributed by atoms with Gasteiger partial charge in [0.2, 0.25) is 0 Å². The average Bonchev–Trinajstić information content (AvgIpc) is 2.99. The van der Waals surface area contributed by atoms with Crippen molar-refractivity contribution in [3.05, 3.63) is 62.2 Å². The van der Waals surface area contributed by atoms with E-state index >= 15 is 0 Å². The van der Waals surface area contributed by atoms with Crippen LogP contribution in [0, 0.1) is 20.2 Å². The number of nitro groups is 2. The third-order valence-corrected chi connectivity index (χ3v) is 4.73. The maximum Gasteiger partial charge on any atom is 0.410 e. The monoisotopic (exact) mass is 480 g/mol. The minimum atomic E-state index is -0.574. The Morgan fingerprint density at radius 2 is 1.61 bits per heavy atom. The Morgan fingerprint density at radius 3 is 2.15 bits per heavy atom. The summed E-state index contributed by atoms with van der Waals surface area (Å²) in [5, 5.41) is 21.3. The van der Waals surface area contributed by atoms with Crippen LogP contribution in [0.1, 0.15) is 27.2 Å². The third-order valence-electron chi connectivity index (χ3n) is 4.41. The van der Waals surface area contributed by atoms with E-state index in [1.807, 2.05) is 25.7 Å². The number of rotatable bonds is 3. The summed E-state index contributed by atoms with van der Waals surface area (Å²) < 4.78 is 5.39. The topological polar surface area (TPSA) is 145 Å². The molecular weight excluding hydrogens is 456 g/mol. The molecule has 0 spiro atoms. The third kappa shape index (κ3) is 7.83. The van der Waals surface area contributed by atoms with Crippen molar-refractivity contribution in [1.29, 1.82) is 0 Å². The summed E-state index contributed by atoms with van der Waals surface area (Å²) in [5.74, 6) is 0. The predicted molar refractivity (Wildman–Crippen MR) is 121 cm³/mol. The van der Waals surface area contributed by atoms with Crippen LogP contribution in [0.5, 0.6) is 0 Å². The highest BCUT2D eigenvalue weighted by Crippen LogP contribution is 2.27. The Morgan fingerprint density at radius 1 is 1.00 bits per heavy atom. The molecule has 1 amide bonds. The van der Waals surface area contributed by atoms with Crippen molar-refractivity contribution >= 4 is 34.8 Å². The number of aromatic nitrogens is 2. The van der Waals surface area contributed by atoms with E-state index in [1.54, 1.807) is 17.2 Å². The van der Waals surface area contributed by atoms with E-state index in [2.05, 4.69) is 9.97 Å². The van der Waals surface area contributed by atoms with E-state index < -0.39 is 15.4 Å². The molecule has 12 nitrogen and oxygen atoms in total. The molecular formula is C20H25ClN6O6. The summed E-state index contributed by atoms with van der Waals surface area (Å²) >= 11 is 5.44. The summed E-state index contributed by atoms with van der Waals surface area (Å²) in [5.41, 5.74) is -0.175. The van der Waals surface area contributed by atoms with E-state index in [1.165, 1.54) is 18.5 Å². The van der Waals surface area contributed by atoms with Gasteiger partial charge in [-0.05, 0) is 39.3 Å². The first-order chi connectivity index (χ1) is 15.5. The zero-order valence-electron chi connectivity index (χ0n) is 18.5. The second kappa shape index (κ2) is 11.4. The van der Waals surface area contributed by atoms with Crippen LogP contribution in [-0.2, 0) is 4.74 Å². The lowest BCUT2D eigenvalue weighted by Crippen LogP contribution is -2.39. The van der Waals surface area contributed by atoms with Crippen molar-refractivity contribution in [2.75, 3.05) is 31.1 Å². The number of amides is 1. The molecule has 0 atom stereocenters. The molecule has 13 heteroatoms. The molecule has 33 heavy (non-hydrogen) atoms. The van der Waals surface area contributed by atoms with Crippen molar-refractivity contribution in [2.45, 2.75) is 32.8 Å². The van der Waals surface area contributed by atoms with Gasteiger partial charge in [0.25, 0.3) is 0 Å². The quantitative estimate of drug-likeness (QED) is 0.468. The number of hydrogen-bond donors (Lipinski definition) is 0. The zero-order chi connectivity index (χ0) is 24.6. The lowest BCUT2D eigenvalue weighted by atomic mass is 10.2. The zero-order valence-corrected chi connectivity index (χ0v) is 19.3. The molecule has 1 aliphatic heterocycles. The number of nitrogens with zero attached hydrogens (tertiary/aromatic N) is 6. The molecule has 0 aromatic carbocycles. The van der Waals surface area contributed by atoms with Crippen molar-refractivity contribution in [3.63, 3.8) is 0 Å². The van der Waals surface area contributed by atoms with Gasteiger partial charge in [-0.25, -0.2) is 4.79 Å². The summed E-state index contributed by atoms with van der Waals surface area (Å²) in [6, 6.07) is 3.01. The van der Waals surface area contributed by atoms with Crippen LogP contribution in [0.25, 0.3) is 0 Å². The molecule has 0 unspecified atom stereocenters. The standard InChI is InChI=1S/C15H22N4O4.C5H3ClN2O2/c1-15(2,3)23-14(20)18-8-4-7-17(9-10-18)12-5-6-16-11-13(12)19(21)22;6-4-1-2-7-3-5(4)8(9)10/h5-6,11H,4,7-10H2,1-3H3;1-3H. The van der Waals surface area contributed by atoms with E-state index in [-0.39, 0.29) is 22.5 Å². The van der Waals surface area contributed by atoms with Gasteiger partial charge in [-0.2, -0.15) is 0 Å². The Kier molecular flexibility index (Phi) is 8.85. The van der Waals surface area contributed by atoms with Crippen LogP contribution in [0.2, 0.25) is 5.02 Å². The lowest BCUT2D eigenvalue weighted by Gasteiger charge is -2.26. The largest absolute Gasteiger partial charge is 0.444 e. The van der Waals surface area contributed by atoms with Gasteiger partial charge in [-0.1, -0.05) is 11.6 Å². The van der Waals surface area contributed by atoms with Crippen LogP contribution in [0.15, 0.2) is 36.9 Å². The second-order valence-corrected chi connectivity index (χ2v) is 8.42. The first-order valence-corrected chi connectivity index (χ1v) is 10.4. The minimum absolute atomic E-state index is 0.0155. The summed E-state index contributed by atoms with van der Waals surface area (Å²) in [4.78, 5) is 43.3. The Bertz CT molecular complexity index is 999. The number of ether oxygens (including phenoxy) is 1. The Labute approximate surface area is 195 Å². The summed E-state index contributed by atoms with van der Waals surface area (Å²) in [6.45, 7) is 7.69. The van der Waals surface area contributed by atoms with Gasteiger partial charge >= 0.3 is 17.5 Å². The fraction of sp³-hybridized carbons (Fsp3) is 0.450. The predicted octanol–water partition coefficient (Wildman–Crippen LogP) is 4.08. The molecule has 2 aromatic rings. The molecule has 1 aliphatic rings. The summed E-state index contributed by atoms with van der Waals surface area (Å²) in [7, 11) is 0. The average molecular weight is 481 g/mol. The number of halogens is 1. The smallest absolute Gasteiger partial charge is 0.410 e. The highest BCUT2D eigenvalue weighted by molar-refractivity contribution is 6.32. The highest BCUT2D eigenvalue weighted by Gasteiger charge is 2.26. The molecule has 2 aromatic heterocycles. The second-order valence-electron chi connectivity index (χ2n) is 8.01. The Balaban J connectivity index is 0.000000321. The molecule has 0 bridgehead atoms. The van der Waals surface area contributed by atoms with E-state index in [0.29, 0.717) is 31.9 Å². The fourth-order valence-corrected chi connectivity index (χ4v) is 3.13. The van der Waals surface area contributed by atoms with Gasteiger partial charge in [-0.15, -0.1) is 0 Å². The van der Waals surface area contributed by atoms with Gasteiger partial charge in [0.1, 0.15) is 28.7 Å². The van der Waals surface area contributed by atoms with E-state index in [9.17, 15) is 25.0 Å². The minimum Gasteiger partial charge on any atom is -0.444 e. The molecule has 178 valence electrons. The fourth-order valence-electron chi connectivity index (χ4n) is 2.96. The van der Waals surface area contributed by atoms with Gasteiger partial charge < -0.3 is 14.5 Å². The number of pyridine rings is 2. The van der Waals surface area contributed by atoms with Crippen LogP contribution in [0.4, 0.5) is 21.9 Å². The highest BCUT2D eigenvalue weighted by atomic mass is 35.5. The molecule has 0 N–H and O–H groups in total. The number of hydrogen-bond acceptors (Lipinski definition) is 9. The molecule has 3 heterocycles. The van der Waals surface area contributed by atoms with Gasteiger partial charge in [0.05, 0.1) is 9.85 Å². The first-order valence-electron chi connectivity index (χ1n) is 10.0. The van der Waals surface area contributed by atoms with Crippen LogP contribution < -0.4 is 4.90 Å². The lowest BCUT2D eigenvalue weighted by molar-refractivity contribution is -0.385. The van der Waals surface area contributed by atoms with Crippen molar-refractivity contribution in [2.24, 2.45) is 0 Å². The molecule has 0 radical (unpaired) electrons. The van der Waals surface area contributed by atoms with Crippen LogP contribution in [0.3, 0.4) is 0 Å². The molecule has 1 saturated heterocycles. The van der Waals surface area contributed by atoms with Crippen molar-refractivity contribution in [1.82, 2.24) is 14.9 Å². The van der Waals surface area contributed by atoms with E-state index in [4.69, 9.17) is 16.3 Å². The SMILES string of the molecule is CC(C)(C)OC(=O)N1CCCN(c2ccncc2[N+](=O)[O-])CC1.O=[N+]([O-])c1cnccc1Cl. The van der Waals surface area contributed by atoms with Crippen LogP contribution >= 0.6 is 11.6 Å². The van der Waals surface area contributed by atoms with Crippen LogP contribution in [-0.4, -0.2) is 62.6 Å². The van der Waals surface area contributed by atoms with Gasteiger partial charge in [-0.3, -0.25) is 30.2 Å². The molecule has 0 aliphatic carbocycles. The normalized spacial score (nSPS) is 13.9. The number of anilines is 1. The number of carbonyl (C=O) groups excluding carboxylic acids is 1. The molecule has 3 rings (SSSR count). The number of carbonyl (C=O) groups is 1. The maximum atomic E-state index is 12.2. The van der Waals surface area contributed by atoms with Crippen molar-refractivity contribution in [3.8, 4) is 0 Å². The summed E-state index contributed by atoms with van der Waals surface area (Å²) in [6.07, 6.45) is 5.68. The van der Waals surface area contributed by atoms with Gasteiger partial charge in [0.15, 0.2) is 0 Å². The first kappa shape index (κ1) is 25.7. The van der Waals surface area contributed by atoms with Gasteiger partial charge in [0, 0.05) is 38.6 Å².